The number of benzene rings is 2. The summed E-state index contributed by atoms with van der Waals surface area (Å²) in [5.41, 5.74) is 1.58. The molecule has 1 aromatic heterocycles. The molecule has 0 aliphatic carbocycles. The standard InChI is InChI=1S/C17H16N4O3/c22-15(21-17-19-13-8-4-5-9-14(13)20-17)10-18-16(23)11-24-12-6-2-1-3-7-12/h1-9H,10-11H2,(H,18,23)(H2,19,20,21,22). The number of hydrogen-bond acceptors (Lipinski definition) is 4. The highest BCUT2D eigenvalue weighted by molar-refractivity contribution is 5.94. The molecule has 0 aliphatic heterocycles. The zero-order chi connectivity index (χ0) is 16.8. The van der Waals surface area contributed by atoms with Crippen LogP contribution < -0.4 is 15.4 Å². The largest absolute Gasteiger partial charge is 0.484 e. The van der Waals surface area contributed by atoms with E-state index in [2.05, 4.69) is 20.6 Å². The van der Waals surface area contributed by atoms with Gasteiger partial charge in [0.05, 0.1) is 17.6 Å². The molecule has 7 nitrogen and oxygen atoms in total. The lowest BCUT2D eigenvalue weighted by Gasteiger charge is -2.07. The van der Waals surface area contributed by atoms with Gasteiger partial charge in [-0.3, -0.25) is 14.9 Å². The van der Waals surface area contributed by atoms with Crippen molar-refractivity contribution >= 4 is 28.8 Å². The molecule has 0 spiro atoms. The van der Waals surface area contributed by atoms with Crippen LogP contribution in [0.2, 0.25) is 0 Å². The molecule has 0 unspecified atom stereocenters. The van der Waals surface area contributed by atoms with Gasteiger partial charge in [-0.15, -0.1) is 0 Å². The number of para-hydroxylation sites is 3. The van der Waals surface area contributed by atoms with E-state index in [-0.39, 0.29) is 25.0 Å². The Bertz CT molecular complexity index is 812. The molecule has 3 N–H and O–H groups in total. The fourth-order valence-electron chi connectivity index (χ4n) is 2.08. The van der Waals surface area contributed by atoms with Gasteiger partial charge >= 0.3 is 0 Å². The Hall–Kier alpha value is -3.35. The fraction of sp³-hybridized carbons (Fsp3) is 0.118. The van der Waals surface area contributed by atoms with E-state index < -0.39 is 0 Å². The molecule has 3 rings (SSSR count). The van der Waals surface area contributed by atoms with Crippen molar-refractivity contribution in [3.05, 3.63) is 54.6 Å². The third-order valence-corrected chi connectivity index (χ3v) is 3.21. The van der Waals surface area contributed by atoms with Crippen molar-refractivity contribution in [2.75, 3.05) is 18.5 Å². The number of aromatic amines is 1. The van der Waals surface area contributed by atoms with Gasteiger partial charge in [0.25, 0.3) is 5.91 Å². The molecule has 0 radical (unpaired) electrons. The van der Waals surface area contributed by atoms with Crippen molar-refractivity contribution < 1.29 is 14.3 Å². The van der Waals surface area contributed by atoms with Gasteiger partial charge in [-0.25, -0.2) is 4.98 Å². The molecule has 122 valence electrons. The monoisotopic (exact) mass is 324 g/mol. The summed E-state index contributed by atoms with van der Waals surface area (Å²) in [5, 5.41) is 5.09. The number of carbonyl (C=O) groups is 2. The van der Waals surface area contributed by atoms with Crippen LogP contribution in [0.4, 0.5) is 5.95 Å². The SMILES string of the molecule is O=C(COc1ccccc1)NCC(=O)Nc1nc2ccccc2[nH]1. The molecule has 0 saturated heterocycles. The molecule has 7 heteroatoms. The number of hydrogen-bond donors (Lipinski definition) is 3. The molecular weight excluding hydrogens is 308 g/mol. The lowest BCUT2D eigenvalue weighted by atomic mass is 10.3. The number of imidazole rings is 1. The van der Waals surface area contributed by atoms with Crippen molar-refractivity contribution in [3.8, 4) is 5.75 Å². The van der Waals surface area contributed by atoms with Crippen LogP contribution in [0.15, 0.2) is 54.6 Å². The minimum absolute atomic E-state index is 0.151. The summed E-state index contributed by atoms with van der Waals surface area (Å²) in [6.07, 6.45) is 0. The predicted octanol–water partition coefficient (Wildman–Crippen LogP) is 1.70. The van der Waals surface area contributed by atoms with Gasteiger partial charge in [0, 0.05) is 0 Å². The molecule has 1 heterocycles. The topological polar surface area (TPSA) is 96.1 Å². The molecule has 24 heavy (non-hydrogen) atoms. The lowest BCUT2D eigenvalue weighted by Crippen LogP contribution is -2.35. The molecule has 2 aromatic carbocycles. The van der Waals surface area contributed by atoms with Crippen molar-refractivity contribution in [2.24, 2.45) is 0 Å². The molecular formula is C17H16N4O3. The summed E-state index contributed by atoms with van der Waals surface area (Å²) in [4.78, 5) is 30.7. The number of H-pyrrole nitrogens is 1. The third kappa shape index (κ3) is 4.10. The first-order valence-corrected chi connectivity index (χ1v) is 7.40. The first-order chi connectivity index (χ1) is 11.7. The Kier molecular flexibility index (Phi) is 4.71. The van der Waals surface area contributed by atoms with Gasteiger partial charge in [0.15, 0.2) is 6.61 Å². The maximum absolute atomic E-state index is 11.8. The normalized spacial score (nSPS) is 10.3. The van der Waals surface area contributed by atoms with E-state index in [1.165, 1.54) is 0 Å². The number of amides is 2. The second-order valence-electron chi connectivity index (χ2n) is 5.03. The molecule has 0 bridgehead atoms. The Balaban J connectivity index is 1.44. The number of ether oxygens (including phenoxy) is 1. The van der Waals surface area contributed by atoms with E-state index in [0.29, 0.717) is 11.7 Å². The van der Waals surface area contributed by atoms with Crippen molar-refractivity contribution in [1.29, 1.82) is 0 Å². The molecule has 0 aliphatic rings. The number of carbonyl (C=O) groups excluding carboxylic acids is 2. The number of rotatable bonds is 6. The maximum Gasteiger partial charge on any atom is 0.258 e. The van der Waals surface area contributed by atoms with Crippen LogP contribution in [0.3, 0.4) is 0 Å². The summed E-state index contributed by atoms with van der Waals surface area (Å²) in [6.45, 7) is -0.310. The van der Waals surface area contributed by atoms with Crippen LogP contribution in [0.25, 0.3) is 11.0 Å². The highest BCUT2D eigenvalue weighted by atomic mass is 16.5. The number of nitrogens with zero attached hydrogens (tertiary/aromatic N) is 1. The molecule has 0 fully saturated rings. The van der Waals surface area contributed by atoms with Gasteiger partial charge in [-0.1, -0.05) is 30.3 Å². The second kappa shape index (κ2) is 7.28. The first-order valence-electron chi connectivity index (χ1n) is 7.40. The van der Waals surface area contributed by atoms with Crippen LogP contribution in [0, 0.1) is 0 Å². The molecule has 2 amide bonds. The van der Waals surface area contributed by atoms with Crippen LogP contribution in [-0.2, 0) is 9.59 Å². The van der Waals surface area contributed by atoms with E-state index in [1.807, 2.05) is 42.5 Å². The van der Waals surface area contributed by atoms with Gasteiger partial charge in [0.1, 0.15) is 5.75 Å². The highest BCUT2D eigenvalue weighted by Crippen LogP contribution is 2.12. The predicted molar refractivity (Wildman–Crippen MR) is 89.7 cm³/mol. The van der Waals surface area contributed by atoms with Crippen molar-refractivity contribution in [1.82, 2.24) is 15.3 Å². The number of fused-ring (bicyclic) bond motifs is 1. The summed E-state index contributed by atoms with van der Waals surface area (Å²) in [7, 11) is 0. The fourth-order valence-corrected chi connectivity index (χ4v) is 2.08. The Morgan fingerprint density at radius 3 is 2.54 bits per heavy atom. The minimum Gasteiger partial charge on any atom is -0.484 e. The summed E-state index contributed by atoms with van der Waals surface area (Å²) < 4.78 is 5.30. The average molecular weight is 324 g/mol. The van der Waals surface area contributed by atoms with E-state index in [1.54, 1.807) is 12.1 Å². The van der Waals surface area contributed by atoms with E-state index >= 15 is 0 Å². The lowest BCUT2D eigenvalue weighted by molar-refractivity contribution is -0.125. The zero-order valence-corrected chi connectivity index (χ0v) is 12.8. The first kappa shape index (κ1) is 15.5. The van der Waals surface area contributed by atoms with Crippen LogP contribution in [0.1, 0.15) is 0 Å². The summed E-state index contributed by atoms with van der Waals surface area (Å²) in [5.74, 6) is 0.191. The van der Waals surface area contributed by atoms with Gasteiger partial charge in [0.2, 0.25) is 11.9 Å². The average Bonchev–Trinajstić information content (AvgIpc) is 3.01. The highest BCUT2D eigenvalue weighted by Gasteiger charge is 2.09. The smallest absolute Gasteiger partial charge is 0.258 e. The Labute approximate surface area is 138 Å². The molecule has 0 saturated carbocycles. The number of anilines is 1. The van der Waals surface area contributed by atoms with Crippen LogP contribution >= 0.6 is 0 Å². The van der Waals surface area contributed by atoms with E-state index in [4.69, 9.17) is 4.74 Å². The summed E-state index contributed by atoms with van der Waals surface area (Å²) in [6, 6.07) is 16.4. The van der Waals surface area contributed by atoms with Crippen LogP contribution in [-0.4, -0.2) is 34.9 Å². The number of aromatic nitrogens is 2. The number of nitrogens with one attached hydrogen (secondary N) is 3. The quantitative estimate of drug-likeness (QED) is 0.643. The van der Waals surface area contributed by atoms with Crippen molar-refractivity contribution in [3.63, 3.8) is 0 Å². The molecule has 3 aromatic rings. The van der Waals surface area contributed by atoms with Gasteiger partial charge in [-0.05, 0) is 24.3 Å². The Morgan fingerprint density at radius 1 is 1.00 bits per heavy atom. The van der Waals surface area contributed by atoms with Gasteiger partial charge in [-0.2, -0.15) is 0 Å². The van der Waals surface area contributed by atoms with Crippen molar-refractivity contribution in [2.45, 2.75) is 0 Å². The second-order valence-corrected chi connectivity index (χ2v) is 5.03. The van der Waals surface area contributed by atoms with E-state index in [9.17, 15) is 9.59 Å². The minimum atomic E-state index is -0.376. The van der Waals surface area contributed by atoms with Crippen LogP contribution in [0.5, 0.6) is 5.75 Å². The third-order valence-electron chi connectivity index (χ3n) is 3.21. The Morgan fingerprint density at radius 2 is 1.75 bits per heavy atom. The summed E-state index contributed by atoms with van der Waals surface area (Å²) >= 11 is 0. The maximum atomic E-state index is 11.8. The molecule has 0 atom stereocenters. The van der Waals surface area contributed by atoms with E-state index in [0.717, 1.165) is 11.0 Å². The zero-order valence-electron chi connectivity index (χ0n) is 12.8. The van der Waals surface area contributed by atoms with Gasteiger partial charge < -0.3 is 15.0 Å².